The molecule has 0 aromatic heterocycles. The minimum absolute atomic E-state index is 0.00312. The summed E-state index contributed by atoms with van der Waals surface area (Å²) < 4.78 is 28.3. The molecule has 1 aromatic carbocycles. The lowest BCUT2D eigenvalue weighted by Crippen LogP contribution is -2.21. The zero-order valence-electron chi connectivity index (χ0n) is 9.52. The van der Waals surface area contributed by atoms with Crippen molar-refractivity contribution in [1.82, 2.24) is 0 Å². The van der Waals surface area contributed by atoms with Gasteiger partial charge in [0.2, 0.25) is 0 Å². The molecular formula is C11H13ClN2O3S. The Hall–Kier alpha value is -1.27. The summed E-state index contributed by atoms with van der Waals surface area (Å²) in [5.41, 5.74) is 5.75. The average molecular weight is 289 g/mol. The molecule has 1 heterocycles. The van der Waals surface area contributed by atoms with Crippen molar-refractivity contribution in [3.05, 3.63) is 28.8 Å². The molecule has 18 heavy (non-hydrogen) atoms. The Morgan fingerprint density at radius 2 is 2.22 bits per heavy atom. The van der Waals surface area contributed by atoms with Crippen LogP contribution < -0.4 is 10.5 Å². The molecule has 98 valence electrons. The van der Waals surface area contributed by atoms with E-state index in [-0.39, 0.29) is 17.3 Å². The Bertz CT molecular complexity index is 586. The van der Waals surface area contributed by atoms with Gasteiger partial charge >= 0.3 is 0 Å². The Balaban J connectivity index is 2.25. The highest BCUT2D eigenvalue weighted by Crippen LogP contribution is 2.28. The molecule has 1 aliphatic heterocycles. The van der Waals surface area contributed by atoms with Gasteiger partial charge in [-0.05, 0) is 18.6 Å². The van der Waals surface area contributed by atoms with Crippen molar-refractivity contribution in [3.8, 4) is 5.75 Å². The number of amidine groups is 1. The van der Waals surface area contributed by atoms with E-state index in [0.29, 0.717) is 22.8 Å². The van der Waals surface area contributed by atoms with E-state index >= 15 is 0 Å². The molecule has 1 fully saturated rings. The standard InChI is InChI=1S/C11H13ClN2O3S/c12-8-2-1-3-9(10(8)11(13)14)17-7-4-5-18(15,16)6-7/h1-3,7H,4-6H2,(H3,13,14). The minimum atomic E-state index is -3.00. The number of halogens is 1. The zero-order chi connectivity index (χ0) is 13.3. The molecule has 0 amide bonds. The minimum Gasteiger partial charge on any atom is -0.489 e. The smallest absolute Gasteiger partial charge is 0.154 e. The van der Waals surface area contributed by atoms with Crippen molar-refractivity contribution in [2.45, 2.75) is 12.5 Å². The molecule has 0 saturated carbocycles. The largest absolute Gasteiger partial charge is 0.489 e. The number of nitrogen functional groups attached to an aromatic ring is 1. The van der Waals surface area contributed by atoms with E-state index in [1.54, 1.807) is 18.2 Å². The van der Waals surface area contributed by atoms with Gasteiger partial charge in [-0.25, -0.2) is 8.42 Å². The first-order chi connectivity index (χ1) is 8.39. The second kappa shape index (κ2) is 4.78. The first-order valence-electron chi connectivity index (χ1n) is 5.39. The number of ether oxygens (including phenoxy) is 1. The predicted molar refractivity (Wildman–Crippen MR) is 70.2 cm³/mol. The van der Waals surface area contributed by atoms with Crippen LogP contribution >= 0.6 is 11.6 Å². The Morgan fingerprint density at radius 1 is 1.50 bits per heavy atom. The summed E-state index contributed by atoms with van der Waals surface area (Å²) in [5.74, 6) is 0.290. The van der Waals surface area contributed by atoms with E-state index in [1.807, 2.05) is 0 Å². The van der Waals surface area contributed by atoms with Gasteiger partial charge in [0.15, 0.2) is 9.84 Å². The topological polar surface area (TPSA) is 93.2 Å². The number of nitrogens with two attached hydrogens (primary N) is 1. The molecular weight excluding hydrogens is 276 g/mol. The molecule has 1 saturated heterocycles. The molecule has 1 aliphatic rings. The quantitative estimate of drug-likeness (QED) is 0.645. The van der Waals surface area contributed by atoms with Crippen molar-refractivity contribution < 1.29 is 13.2 Å². The average Bonchev–Trinajstić information content (AvgIpc) is 2.57. The van der Waals surface area contributed by atoms with Crippen LogP contribution in [0.3, 0.4) is 0 Å². The van der Waals surface area contributed by atoms with Crippen molar-refractivity contribution in [3.63, 3.8) is 0 Å². The lowest BCUT2D eigenvalue weighted by molar-refractivity contribution is 0.228. The van der Waals surface area contributed by atoms with E-state index in [1.165, 1.54) is 0 Å². The van der Waals surface area contributed by atoms with Gasteiger partial charge < -0.3 is 10.5 Å². The van der Waals surface area contributed by atoms with Crippen LogP contribution in [0, 0.1) is 5.41 Å². The van der Waals surface area contributed by atoms with Gasteiger partial charge in [-0.3, -0.25) is 5.41 Å². The van der Waals surface area contributed by atoms with Crippen molar-refractivity contribution in [2.24, 2.45) is 5.73 Å². The fourth-order valence-electron chi connectivity index (χ4n) is 1.90. The molecule has 0 spiro atoms. The van der Waals surface area contributed by atoms with Crippen LogP contribution in [0.4, 0.5) is 0 Å². The van der Waals surface area contributed by atoms with Gasteiger partial charge in [0.25, 0.3) is 0 Å². The molecule has 1 atom stereocenters. The Kier molecular flexibility index (Phi) is 3.49. The molecule has 1 aromatic rings. The van der Waals surface area contributed by atoms with Crippen LogP contribution in [-0.2, 0) is 9.84 Å². The SMILES string of the molecule is N=C(N)c1c(Cl)cccc1OC1CCS(=O)(=O)C1. The summed E-state index contributed by atoms with van der Waals surface area (Å²) in [5, 5.41) is 7.78. The van der Waals surface area contributed by atoms with Gasteiger partial charge in [-0.2, -0.15) is 0 Å². The van der Waals surface area contributed by atoms with E-state index in [4.69, 9.17) is 27.5 Å². The Morgan fingerprint density at radius 3 is 2.78 bits per heavy atom. The molecule has 2 rings (SSSR count). The monoisotopic (exact) mass is 288 g/mol. The third kappa shape index (κ3) is 2.76. The maximum absolute atomic E-state index is 11.3. The fraction of sp³-hybridized carbons (Fsp3) is 0.364. The number of rotatable bonds is 3. The van der Waals surface area contributed by atoms with Gasteiger partial charge in [0.05, 0.1) is 22.1 Å². The zero-order valence-corrected chi connectivity index (χ0v) is 11.1. The van der Waals surface area contributed by atoms with Gasteiger partial charge in [0, 0.05) is 0 Å². The first-order valence-corrected chi connectivity index (χ1v) is 7.59. The summed E-state index contributed by atoms with van der Waals surface area (Å²) >= 11 is 5.95. The number of nitrogens with one attached hydrogen (secondary N) is 1. The Labute approximate surface area is 110 Å². The highest BCUT2D eigenvalue weighted by atomic mass is 35.5. The number of hydrogen-bond donors (Lipinski definition) is 2. The van der Waals surface area contributed by atoms with E-state index < -0.39 is 15.9 Å². The van der Waals surface area contributed by atoms with Crippen LogP contribution in [0.2, 0.25) is 5.02 Å². The van der Waals surface area contributed by atoms with E-state index in [9.17, 15) is 8.42 Å². The van der Waals surface area contributed by atoms with Crippen molar-refractivity contribution in [1.29, 1.82) is 5.41 Å². The normalized spacial score (nSPS) is 21.7. The molecule has 0 aliphatic carbocycles. The van der Waals surface area contributed by atoms with Gasteiger partial charge in [-0.15, -0.1) is 0 Å². The lowest BCUT2D eigenvalue weighted by atomic mass is 10.2. The third-order valence-electron chi connectivity index (χ3n) is 2.73. The van der Waals surface area contributed by atoms with Crippen LogP contribution in [0.5, 0.6) is 5.75 Å². The highest BCUT2D eigenvalue weighted by molar-refractivity contribution is 7.91. The highest BCUT2D eigenvalue weighted by Gasteiger charge is 2.30. The molecule has 7 heteroatoms. The summed E-state index contributed by atoms with van der Waals surface area (Å²) in [6.07, 6.45) is 0.0539. The van der Waals surface area contributed by atoms with Crippen molar-refractivity contribution >= 4 is 27.3 Å². The van der Waals surface area contributed by atoms with Gasteiger partial charge in [0.1, 0.15) is 17.7 Å². The third-order valence-corrected chi connectivity index (χ3v) is 4.78. The molecule has 1 unspecified atom stereocenters. The first kappa shape index (κ1) is 13.2. The van der Waals surface area contributed by atoms with E-state index in [0.717, 1.165) is 0 Å². The summed E-state index contributed by atoms with van der Waals surface area (Å²) in [6, 6.07) is 4.91. The fourth-order valence-corrected chi connectivity index (χ4v) is 3.75. The summed E-state index contributed by atoms with van der Waals surface area (Å²) in [4.78, 5) is 0. The number of hydrogen-bond acceptors (Lipinski definition) is 4. The maximum Gasteiger partial charge on any atom is 0.154 e. The lowest BCUT2D eigenvalue weighted by Gasteiger charge is -2.15. The van der Waals surface area contributed by atoms with E-state index in [2.05, 4.69) is 0 Å². The molecule has 3 N–H and O–H groups in total. The number of sulfone groups is 1. The van der Waals surface area contributed by atoms with Crippen LogP contribution in [0.15, 0.2) is 18.2 Å². The maximum atomic E-state index is 11.3. The van der Waals surface area contributed by atoms with Crippen LogP contribution in [0.25, 0.3) is 0 Å². The molecule has 5 nitrogen and oxygen atoms in total. The second-order valence-corrected chi connectivity index (χ2v) is 6.81. The summed E-state index contributed by atoms with van der Waals surface area (Å²) in [6.45, 7) is 0. The van der Waals surface area contributed by atoms with Crippen molar-refractivity contribution in [2.75, 3.05) is 11.5 Å². The molecule has 0 bridgehead atoms. The molecule has 0 radical (unpaired) electrons. The number of benzene rings is 1. The van der Waals surface area contributed by atoms with Crippen LogP contribution in [-0.4, -0.2) is 31.9 Å². The second-order valence-electron chi connectivity index (χ2n) is 4.17. The van der Waals surface area contributed by atoms with Crippen LogP contribution in [0.1, 0.15) is 12.0 Å². The predicted octanol–water partition coefficient (Wildman–Crippen LogP) is 1.19. The van der Waals surface area contributed by atoms with Gasteiger partial charge in [-0.1, -0.05) is 17.7 Å². The summed E-state index contributed by atoms with van der Waals surface area (Å²) in [7, 11) is -3.00.